The zero-order chi connectivity index (χ0) is 20.8. The predicted octanol–water partition coefficient (Wildman–Crippen LogP) is 3.38. The number of carbonyl (C=O) groups is 2. The van der Waals surface area contributed by atoms with Crippen LogP contribution in [0.1, 0.15) is 26.3 Å². The van der Waals surface area contributed by atoms with E-state index in [0.29, 0.717) is 34.4 Å². The Bertz CT molecular complexity index is 1290. The Kier molecular flexibility index (Phi) is 4.10. The van der Waals surface area contributed by atoms with Gasteiger partial charge in [0.25, 0.3) is 11.8 Å². The fraction of sp³-hybridized carbons (Fsp3) is 0.130. The van der Waals surface area contributed by atoms with Crippen LogP contribution in [0.5, 0.6) is 5.75 Å². The SMILES string of the molecule is COc1ccc(-c2nn(Cc3ccccc3)c3ncc4c(c23)C(=O)N(C)C4=O)cc1. The molecule has 1 aliphatic rings. The van der Waals surface area contributed by atoms with Gasteiger partial charge in [-0.25, -0.2) is 9.67 Å². The maximum absolute atomic E-state index is 12.9. The lowest BCUT2D eigenvalue weighted by Crippen LogP contribution is -2.24. The van der Waals surface area contributed by atoms with E-state index in [9.17, 15) is 9.59 Å². The molecule has 30 heavy (non-hydrogen) atoms. The lowest BCUT2D eigenvalue weighted by molar-refractivity contribution is 0.0693. The molecule has 7 heteroatoms. The number of hydrogen-bond acceptors (Lipinski definition) is 5. The molecule has 0 bridgehead atoms. The first-order chi connectivity index (χ1) is 14.6. The minimum absolute atomic E-state index is 0.309. The lowest BCUT2D eigenvalue weighted by atomic mass is 10.0. The number of amides is 2. The van der Waals surface area contributed by atoms with Crippen molar-refractivity contribution in [3.8, 4) is 17.0 Å². The summed E-state index contributed by atoms with van der Waals surface area (Å²) in [5, 5.41) is 5.40. The number of imide groups is 1. The highest BCUT2D eigenvalue weighted by molar-refractivity contribution is 6.27. The van der Waals surface area contributed by atoms with E-state index < -0.39 is 0 Å². The van der Waals surface area contributed by atoms with E-state index in [1.807, 2.05) is 54.6 Å². The summed E-state index contributed by atoms with van der Waals surface area (Å²) in [4.78, 5) is 31.0. The number of nitrogens with zero attached hydrogens (tertiary/aromatic N) is 4. The molecular formula is C23H18N4O3. The molecule has 2 aromatic carbocycles. The Morgan fingerprint density at radius 1 is 0.967 bits per heavy atom. The number of aromatic nitrogens is 3. The predicted molar refractivity (Wildman–Crippen MR) is 111 cm³/mol. The number of rotatable bonds is 4. The molecule has 0 saturated heterocycles. The number of fused-ring (bicyclic) bond motifs is 3. The second-order valence-corrected chi connectivity index (χ2v) is 7.14. The summed E-state index contributed by atoms with van der Waals surface area (Å²) in [7, 11) is 3.09. The zero-order valence-corrected chi connectivity index (χ0v) is 16.5. The summed E-state index contributed by atoms with van der Waals surface area (Å²) in [5.74, 6) is 0.0402. The van der Waals surface area contributed by atoms with Crippen LogP contribution in [0.15, 0.2) is 60.8 Å². The van der Waals surface area contributed by atoms with Gasteiger partial charge in [-0.1, -0.05) is 30.3 Å². The van der Waals surface area contributed by atoms with E-state index in [1.165, 1.54) is 13.2 Å². The molecule has 0 fully saturated rings. The van der Waals surface area contributed by atoms with Gasteiger partial charge in [-0.3, -0.25) is 14.5 Å². The Morgan fingerprint density at radius 2 is 1.70 bits per heavy atom. The third-order valence-electron chi connectivity index (χ3n) is 5.35. The second kappa shape index (κ2) is 6.81. The van der Waals surface area contributed by atoms with E-state index in [4.69, 9.17) is 9.84 Å². The van der Waals surface area contributed by atoms with Crippen LogP contribution < -0.4 is 4.74 Å². The first-order valence-corrected chi connectivity index (χ1v) is 9.48. The number of hydrogen-bond donors (Lipinski definition) is 0. The molecule has 0 atom stereocenters. The Labute approximate surface area is 172 Å². The standard InChI is InChI=1S/C23H18N4O3/c1-26-22(28)17-12-24-21-19(18(17)23(26)29)20(15-8-10-16(30-2)11-9-15)25-27(21)13-14-6-4-3-5-7-14/h3-12H,13H2,1-2H3. The van der Waals surface area contributed by atoms with E-state index >= 15 is 0 Å². The Hall–Kier alpha value is -4.00. The van der Waals surface area contributed by atoms with E-state index in [-0.39, 0.29) is 11.8 Å². The Morgan fingerprint density at radius 3 is 2.40 bits per heavy atom. The monoisotopic (exact) mass is 398 g/mol. The molecule has 3 heterocycles. The summed E-state index contributed by atoms with van der Waals surface area (Å²) >= 11 is 0. The average molecular weight is 398 g/mol. The van der Waals surface area contributed by atoms with Gasteiger partial charge in [0.05, 0.1) is 30.2 Å². The van der Waals surface area contributed by atoms with Crippen molar-refractivity contribution in [2.45, 2.75) is 6.54 Å². The molecule has 2 aromatic heterocycles. The summed E-state index contributed by atoms with van der Waals surface area (Å²) in [6.45, 7) is 0.497. The van der Waals surface area contributed by atoms with Gasteiger partial charge < -0.3 is 4.74 Å². The maximum atomic E-state index is 12.9. The van der Waals surface area contributed by atoms with E-state index in [1.54, 1.807) is 11.8 Å². The van der Waals surface area contributed by atoms with Crippen LogP contribution in [0, 0.1) is 0 Å². The summed E-state index contributed by atoms with van der Waals surface area (Å²) < 4.78 is 7.03. The molecule has 2 amide bonds. The first-order valence-electron chi connectivity index (χ1n) is 9.48. The number of ether oxygens (including phenoxy) is 1. The van der Waals surface area contributed by atoms with Gasteiger partial charge in [-0.2, -0.15) is 5.10 Å². The van der Waals surface area contributed by atoms with Gasteiger partial charge in [0.1, 0.15) is 11.4 Å². The lowest BCUT2D eigenvalue weighted by Gasteiger charge is -2.04. The largest absolute Gasteiger partial charge is 0.497 e. The molecule has 4 aromatic rings. The molecule has 0 N–H and O–H groups in total. The van der Waals surface area contributed by atoms with Crippen LogP contribution in [0.2, 0.25) is 0 Å². The topological polar surface area (TPSA) is 77.3 Å². The molecular weight excluding hydrogens is 380 g/mol. The Balaban J connectivity index is 1.77. The normalized spacial score (nSPS) is 13.2. The molecule has 1 aliphatic heterocycles. The van der Waals surface area contributed by atoms with Crippen LogP contribution >= 0.6 is 0 Å². The third kappa shape index (κ3) is 2.67. The molecule has 7 nitrogen and oxygen atoms in total. The minimum atomic E-state index is -0.346. The number of carbonyl (C=O) groups excluding carboxylic acids is 2. The molecule has 148 valence electrons. The molecule has 0 radical (unpaired) electrons. The van der Waals surface area contributed by atoms with Crippen molar-refractivity contribution < 1.29 is 14.3 Å². The van der Waals surface area contributed by atoms with Crippen LogP contribution in [0.3, 0.4) is 0 Å². The number of benzene rings is 2. The quantitative estimate of drug-likeness (QED) is 0.493. The van der Waals surface area contributed by atoms with Gasteiger partial charge >= 0.3 is 0 Å². The molecule has 5 rings (SSSR count). The summed E-state index contributed by atoms with van der Waals surface area (Å²) in [6, 6.07) is 17.4. The zero-order valence-electron chi connectivity index (χ0n) is 16.5. The first kappa shape index (κ1) is 18.1. The molecule has 0 unspecified atom stereocenters. The maximum Gasteiger partial charge on any atom is 0.262 e. The van der Waals surface area contributed by atoms with Crippen LogP contribution in [-0.4, -0.2) is 45.6 Å². The molecule has 0 saturated carbocycles. The van der Waals surface area contributed by atoms with Gasteiger partial charge in [-0.05, 0) is 29.8 Å². The highest BCUT2D eigenvalue weighted by atomic mass is 16.5. The molecule has 0 aliphatic carbocycles. The van der Waals surface area contributed by atoms with Crippen LogP contribution in [0.4, 0.5) is 0 Å². The third-order valence-corrected chi connectivity index (χ3v) is 5.35. The summed E-state index contributed by atoms with van der Waals surface area (Å²) in [5.41, 5.74) is 3.73. The fourth-order valence-electron chi connectivity index (χ4n) is 3.78. The average Bonchev–Trinajstić information content (AvgIpc) is 3.25. The smallest absolute Gasteiger partial charge is 0.262 e. The van der Waals surface area contributed by atoms with Crippen molar-refractivity contribution in [3.05, 3.63) is 77.5 Å². The number of methoxy groups -OCH3 is 1. The number of pyridine rings is 1. The summed E-state index contributed by atoms with van der Waals surface area (Å²) in [6.07, 6.45) is 1.47. The van der Waals surface area contributed by atoms with Crippen molar-refractivity contribution in [2.75, 3.05) is 14.2 Å². The van der Waals surface area contributed by atoms with Gasteiger partial charge in [-0.15, -0.1) is 0 Å². The fourth-order valence-corrected chi connectivity index (χ4v) is 3.78. The highest BCUT2D eigenvalue weighted by Gasteiger charge is 2.37. The van der Waals surface area contributed by atoms with E-state index in [0.717, 1.165) is 21.8 Å². The van der Waals surface area contributed by atoms with Crippen LogP contribution in [-0.2, 0) is 6.54 Å². The van der Waals surface area contributed by atoms with Gasteiger partial charge in [0.2, 0.25) is 0 Å². The second-order valence-electron chi connectivity index (χ2n) is 7.14. The van der Waals surface area contributed by atoms with Crippen molar-refractivity contribution in [1.82, 2.24) is 19.7 Å². The van der Waals surface area contributed by atoms with Crippen molar-refractivity contribution >= 4 is 22.8 Å². The van der Waals surface area contributed by atoms with Crippen LogP contribution in [0.25, 0.3) is 22.3 Å². The molecule has 0 spiro atoms. The van der Waals surface area contributed by atoms with Crippen molar-refractivity contribution in [1.29, 1.82) is 0 Å². The van der Waals surface area contributed by atoms with E-state index in [2.05, 4.69) is 4.98 Å². The van der Waals surface area contributed by atoms with Crippen molar-refractivity contribution in [3.63, 3.8) is 0 Å². The van der Waals surface area contributed by atoms with Gasteiger partial charge in [0, 0.05) is 18.8 Å². The minimum Gasteiger partial charge on any atom is -0.497 e. The van der Waals surface area contributed by atoms with Crippen molar-refractivity contribution in [2.24, 2.45) is 0 Å². The highest BCUT2D eigenvalue weighted by Crippen LogP contribution is 2.35. The van der Waals surface area contributed by atoms with Gasteiger partial charge in [0.15, 0.2) is 5.65 Å².